The normalized spacial score (nSPS) is 11.5. The van der Waals surface area contributed by atoms with E-state index >= 15 is 0 Å². The standard InChI is InChI=1S/C22H25NO7/c1-3-7-17(30-15(2)24)14-21-19(10-6-11-20(21)22(25)26)18-9-5-4-8-16(18)12-13-29-23(27)28/h4-6,8-11,17H,3,7,12-14H2,1-2H3,(H,25,26). The summed E-state index contributed by atoms with van der Waals surface area (Å²) in [6.45, 7) is 3.19. The lowest BCUT2D eigenvalue weighted by Gasteiger charge is -2.21. The Labute approximate surface area is 174 Å². The van der Waals surface area contributed by atoms with Gasteiger partial charge in [0, 0.05) is 13.3 Å². The fourth-order valence-electron chi connectivity index (χ4n) is 3.48. The van der Waals surface area contributed by atoms with Crippen molar-refractivity contribution in [2.45, 2.75) is 45.6 Å². The summed E-state index contributed by atoms with van der Waals surface area (Å²) in [6, 6.07) is 12.3. The molecule has 0 bridgehead atoms. The predicted octanol–water partition coefficient (Wildman–Crippen LogP) is 4.08. The first-order chi connectivity index (χ1) is 14.3. The molecule has 2 aromatic carbocycles. The third kappa shape index (κ3) is 6.30. The first-order valence-corrected chi connectivity index (χ1v) is 9.71. The van der Waals surface area contributed by atoms with Crippen LogP contribution in [-0.2, 0) is 27.2 Å². The van der Waals surface area contributed by atoms with Crippen LogP contribution >= 0.6 is 0 Å². The van der Waals surface area contributed by atoms with Crippen LogP contribution in [0.5, 0.6) is 0 Å². The molecule has 0 radical (unpaired) electrons. The highest BCUT2D eigenvalue weighted by atomic mass is 16.9. The van der Waals surface area contributed by atoms with E-state index in [0.717, 1.165) is 17.5 Å². The van der Waals surface area contributed by atoms with Gasteiger partial charge in [0.2, 0.25) is 0 Å². The second kappa shape index (κ2) is 10.9. The summed E-state index contributed by atoms with van der Waals surface area (Å²) in [5.74, 6) is -1.49. The molecule has 0 aliphatic rings. The number of ether oxygens (including phenoxy) is 1. The van der Waals surface area contributed by atoms with Gasteiger partial charge < -0.3 is 14.7 Å². The van der Waals surface area contributed by atoms with Crippen molar-refractivity contribution in [2.24, 2.45) is 0 Å². The molecular weight excluding hydrogens is 390 g/mol. The number of benzene rings is 2. The maximum absolute atomic E-state index is 11.9. The molecule has 0 heterocycles. The second-order valence-corrected chi connectivity index (χ2v) is 6.83. The van der Waals surface area contributed by atoms with Gasteiger partial charge >= 0.3 is 11.9 Å². The number of carboxylic acid groups (broad SMARTS) is 1. The van der Waals surface area contributed by atoms with Crippen LogP contribution in [0.3, 0.4) is 0 Å². The molecule has 160 valence electrons. The number of rotatable bonds is 11. The van der Waals surface area contributed by atoms with Gasteiger partial charge in [-0.25, -0.2) is 4.79 Å². The Morgan fingerprint density at radius 1 is 1.13 bits per heavy atom. The minimum atomic E-state index is -1.07. The van der Waals surface area contributed by atoms with Crippen molar-refractivity contribution >= 4 is 11.9 Å². The van der Waals surface area contributed by atoms with E-state index in [9.17, 15) is 24.8 Å². The third-order valence-corrected chi connectivity index (χ3v) is 4.66. The van der Waals surface area contributed by atoms with E-state index in [1.54, 1.807) is 6.07 Å². The lowest BCUT2D eigenvalue weighted by molar-refractivity contribution is -0.757. The lowest BCUT2D eigenvalue weighted by Crippen LogP contribution is -2.21. The molecule has 0 aliphatic heterocycles. The number of carbonyl (C=O) groups is 2. The average molecular weight is 415 g/mol. The van der Waals surface area contributed by atoms with E-state index in [4.69, 9.17) is 4.74 Å². The molecular formula is C22H25NO7. The molecule has 0 spiro atoms. The van der Waals surface area contributed by atoms with Gasteiger partial charge in [0.25, 0.3) is 5.09 Å². The number of hydrogen-bond donors (Lipinski definition) is 1. The van der Waals surface area contributed by atoms with Crippen LogP contribution in [0.15, 0.2) is 42.5 Å². The average Bonchev–Trinajstić information content (AvgIpc) is 2.68. The fraction of sp³-hybridized carbons (Fsp3) is 0.364. The van der Waals surface area contributed by atoms with Gasteiger partial charge in [-0.1, -0.05) is 49.7 Å². The van der Waals surface area contributed by atoms with Crippen LogP contribution in [0.4, 0.5) is 0 Å². The fourth-order valence-corrected chi connectivity index (χ4v) is 3.48. The number of carbonyl (C=O) groups excluding carboxylic acids is 1. The van der Waals surface area contributed by atoms with Crippen LogP contribution < -0.4 is 0 Å². The third-order valence-electron chi connectivity index (χ3n) is 4.66. The molecule has 8 nitrogen and oxygen atoms in total. The van der Waals surface area contributed by atoms with Crippen molar-refractivity contribution in [3.05, 3.63) is 69.3 Å². The molecule has 0 saturated carbocycles. The van der Waals surface area contributed by atoms with E-state index in [1.807, 2.05) is 37.3 Å². The maximum Gasteiger partial charge on any atom is 0.335 e. The van der Waals surface area contributed by atoms with E-state index in [1.165, 1.54) is 13.0 Å². The molecule has 0 amide bonds. The van der Waals surface area contributed by atoms with Crippen molar-refractivity contribution in [3.63, 3.8) is 0 Å². The zero-order chi connectivity index (χ0) is 22.1. The van der Waals surface area contributed by atoms with Gasteiger partial charge in [-0.15, -0.1) is 10.1 Å². The minimum absolute atomic E-state index is 0.107. The van der Waals surface area contributed by atoms with Crippen molar-refractivity contribution in [2.75, 3.05) is 6.61 Å². The van der Waals surface area contributed by atoms with E-state index in [0.29, 0.717) is 17.5 Å². The van der Waals surface area contributed by atoms with Crippen molar-refractivity contribution in [3.8, 4) is 11.1 Å². The highest BCUT2D eigenvalue weighted by Crippen LogP contribution is 2.31. The van der Waals surface area contributed by atoms with Gasteiger partial charge in [0.1, 0.15) is 12.7 Å². The first-order valence-electron chi connectivity index (χ1n) is 9.71. The van der Waals surface area contributed by atoms with Gasteiger partial charge in [-0.3, -0.25) is 4.79 Å². The van der Waals surface area contributed by atoms with Gasteiger partial charge in [-0.05, 0) is 41.2 Å². The van der Waals surface area contributed by atoms with Crippen molar-refractivity contribution in [1.29, 1.82) is 0 Å². The first kappa shape index (κ1) is 22.9. The summed E-state index contributed by atoms with van der Waals surface area (Å²) in [5, 5.41) is 19.4. The van der Waals surface area contributed by atoms with Crippen LogP contribution in [0.1, 0.15) is 48.2 Å². The Kier molecular flexibility index (Phi) is 8.34. The molecule has 0 aromatic heterocycles. The summed E-state index contributed by atoms with van der Waals surface area (Å²) in [6.07, 6.45) is 1.47. The monoisotopic (exact) mass is 415 g/mol. The topological polar surface area (TPSA) is 116 Å². The molecule has 1 atom stereocenters. The Bertz CT molecular complexity index is 910. The number of aromatic carboxylic acids is 1. The Balaban J connectivity index is 2.51. The zero-order valence-electron chi connectivity index (χ0n) is 17.0. The van der Waals surface area contributed by atoms with Gasteiger partial charge in [-0.2, -0.15) is 0 Å². The van der Waals surface area contributed by atoms with Crippen LogP contribution in [0.2, 0.25) is 0 Å². The highest BCUT2D eigenvalue weighted by Gasteiger charge is 2.21. The molecule has 8 heteroatoms. The van der Waals surface area contributed by atoms with Crippen LogP contribution in [0, 0.1) is 10.1 Å². The molecule has 0 fully saturated rings. The summed E-state index contributed by atoms with van der Waals surface area (Å²) in [5.41, 5.74) is 2.95. The smallest absolute Gasteiger partial charge is 0.335 e. The SMILES string of the molecule is CCCC(Cc1c(C(=O)O)cccc1-c1ccccc1CCO[N+](=O)[O-])OC(C)=O. The largest absolute Gasteiger partial charge is 0.478 e. The molecule has 0 saturated heterocycles. The summed E-state index contributed by atoms with van der Waals surface area (Å²) in [4.78, 5) is 38.3. The van der Waals surface area contributed by atoms with Gasteiger partial charge in [0.05, 0.1) is 5.56 Å². The van der Waals surface area contributed by atoms with Crippen LogP contribution in [0.25, 0.3) is 11.1 Å². The number of nitrogens with zero attached hydrogens (tertiary/aromatic N) is 1. The number of esters is 1. The number of carboxylic acids is 1. The zero-order valence-corrected chi connectivity index (χ0v) is 17.0. The maximum atomic E-state index is 11.9. The van der Waals surface area contributed by atoms with E-state index in [-0.39, 0.29) is 25.0 Å². The number of hydrogen-bond acceptors (Lipinski definition) is 6. The molecule has 30 heavy (non-hydrogen) atoms. The van der Waals surface area contributed by atoms with Crippen LogP contribution in [-0.4, -0.2) is 34.8 Å². The summed E-state index contributed by atoms with van der Waals surface area (Å²) >= 11 is 0. The van der Waals surface area contributed by atoms with Gasteiger partial charge in [0.15, 0.2) is 0 Å². The molecule has 1 N–H and O–H groups in total. The predicted molar refractivity (Wildman–Crippen MR) is 110 cm³/mol. The Hall–Kier alpha value is -3.42. The summed E-state index contributed by atoms with van der Waals surface area (Å²) < 4.78 is 5.41. The Morgan fingerprint density at radius 3 is 2.47 bits per heavy atom. The lowest BCUT2D eigenvalue weighted by atomic mass is 9.88. The molecule has 0 aliphatic carbocycles. The molecule has 2 aromatic rings. The second-order valence-electron chi connectivity index (χ2n) is 6.83. The summed E-state index contributed by atoms with van der Waals surface area (Å²) in [7, 11) is 0. The minimum Gasteiger partial charge on any atom is -0.478 e. The molecule has 1 unspecified atom stereocenters. The quantitative estimate of drug-likeness (QED) is 0.334. The van der Waals surface area contributed by atoms with Crippen molar-refractivity contribution < 1.29 is 29.4 Å². The Morgan fingerprint density at radius 2 is 1.83 bits per heavy atom. The highest BCUT2D eigenvalue weighted by molar-refractivity contribution is 5.92. The van der Waals surface area contributed by atoms with E-state index in [2.05, 4.69) is 4.84 Å². The van der Waals surface area contributed by atoms with E-state index < -0.39 is 23.1 Å². The van der Waals surface area contributed by atoms with Crippen molar-refractivity contribution in [1.82, 2.24) is 0 Å². The molecule has 2 rings (SSSR count).